The number of aryl methyl sites for hydroxylation is 1. The van der Waals surface area contributed by atoms with Crippen molar-refractivity contribution in [3.8, 4) is 0 Å². The van der Waals surface area contributed by atoms with E-state index in [9.17, 15) is 0 Å². The summed E-state index contributed by atoms with van der Waals surface area (Å²) in [7, 11) is 0. The highest BCUT2D eigenvalue weighted by atomic mass is 127. The fraction of sp³-hybridized carbons (Fsp3) is 0.467. The molecule has 0 amide bonds. The van der Waals surface area contributed by atoms with E-state index in [1.165, 1.54) is 15.4 Å². The molecule has 0 aromatic carbocycles. The molecule has 4 nitrogen and oxygen atoms in total. The smallest absolute Gasteiger partial charge is 0.191 e. The van der Waals surface area contributed by atoms with Crippen molar-refractivity contribution < 1.29 is 0 Å². The van der Waals surface area contributed by atoms with Crippen LogP contribution in [0.4, 0.5) is 0 Å². The number of nitrogens with one attached hydrogen (secondary N) is 2. The fourth-order valence-electron chi connectivity index (χ4n) is 1.81. The Labute approximate surface area is 157 Å². The van der Waals surface area contributed by atoms with Crippen LogP contribution in [0.1, 0.15) is 29.3 Å². The van der Waals surface area contributed by atoms with Crippen molar-refractivity contribution >= 4 is 52.6 Å². The molecule has 0 saturated heterocycles. The number of thiophene rings is 1. The first-order chi connectivity index (χ1) is 10.3. The van der Waals surface area contributed by atoms with Gasteiger partial charge in [0.05, 0.1) is 11.6 Å². The summed E-state index contributed by atoms with van der Waals surface area (Å²) in [6, 6.07) is 2.11. The SMILES string of the molecule is CCNC(=NCc1ccsc1)NCCc1ncc(CC)s1.I. The number of aliphatic imine (C=N–C) groups is 1. The van der Waals surface area contributed by atoms with Crippen molar-refractivity contribution in [2.75, 3.05) is 13.1 Å². The minimum absolute atomic E-state index is 0. The lowest BCUT2D eigenvalue weighted by Crippen LogP contribution is -2.38. The maximum atomic E-state index is 4.59. The van der Waals surface area contributed by atoms with Crippen molar-refractivity contribution in [2.24, 2.45) is 4.99 Å². The Morgan fingerprint density at radius 3 is 2.82 bits per heavy atom. The maximum Gasteiger partial charge on any atom is 0.191 e. The van der Waals surface area contributed by atoms with E-state index in [1.54, 1.807) is 22.7 Å². The molecule has 0 saturated carbocycles. The first kappa shape index (κ1) is 19.4. The number of hydrogen-bond donors (Lipinski definition) is 2. The number of rotatable bonds is 7. The van der Waals surface area contributed by atoms with Crippen LogP contribution in [0.3, 0.4) is 0 Å². The van der Waals surface area contributed by atoms with Gasteiger partial charge in [-0.1, -0.05) is 6.92 Å². The van der Waals surface area contributed by atoms with Crippen LogP contribution in [-0.2, 0) is 19.4 Å². The molecule has 0 unspecified atom stereocenters. The van der Waals surface area contributed by atoms with Crippen molar-refractivity contribution in [1.82, 2.24) is 15.6 Å². The van der Waals surface area contributed by atoms with Crippen molar-refractivity contribution in [2.45, 2.75) is 33.2 Å². The van der Waals surface area contributed by atoms with E-state index >= 15 is 0 Å². The summed E-state index contributed by atoms with van der Waals surface area (Å²) in [6.07, 6.45) is 3.99. The van der Waals surface area contributed by atoms with Crippen LogP contribution in [0.25, 0.3) is 0 Å². The molecule has 2 aromatic rings. The van der Waals surface area contributed by atoms with Gasteiger partial charge in [0.1, 0.15) is 0 Å². The van der Waals surface area contributed by atoms with Gasteiger partial charge in [0, 0.05) is 30.6 Å². The van der Waals surface area contributed by atoms with Crippen molar-refractivity contribution in [1.29, 1.82) is 0 Å². The number of halogens is 1. The molecule has 0 spiro atoms. The summed E-state index contributed by atoms with van der Waals surface area (Å²) in [6.45, 7) is 6.68. The monoisotopic (exact) mass is 450 g/mol. The molecule has 0 bridgehead atoms. The van der Waals surface area contributed by atoms with Gasteiger partial charge in [0.15, 0.2) is 5.96 Å². The molecule has 2 N–H and O–H groups in total. The zero-order valence-corrected chi connectivity index (χ0v) is 16.9. The topological polar surface area (TPSA) is 49.3 Å². The van der Waals surface area contributed by atoms with Crippen LogP contribution in [0, 0.1) is 0 Å². The Bertz CT molecular complexity index is 552. The first-order valence-electron chi connectivity index (χ1n) is 7.28. The number of guanidine groups is 1. The van der Waals surface area contributed by atoms with Gasteiger partial charge in [-0.25, -0.2) is 9.98 Å². The predicted molar refractivity (Wildman–Crippen MR) is 108 cm³/mol. The van der Waals surface area contributed by atoms with Crippen LogP contribution in [-0.4, -0.2) is 24.0 Å². The summed E-state index contributed by atoms with van der Waals surface area (Å²) in [5.74, 6) is 0.871. The zero-order valence-electron chi connectivity index (χ0n) is 13.0. The molecule has 7 heteroatoms. The molecule has 22 heavy (non-hydrogen) atoms. The molecule has 0 aliphatic carbocycles. The average molecular weight is 450 g/mol. The molecule has 0 aliphatic rings. The highest BCUT2D eigenvalue weighted by Crippen LogP contribution is 2.13. The summed E-state index contributed by atoms with van der Waals surface area (Å²) in [5.41, 5.74) is 1.25. The molecule has 2 rings (SSSR count). The standard InChI is InChI=1S/C15H22N4S2.HI/c1-3-13-10-18-14(21-13)5-7-17-15(16-4-2)19-9-12-6-8-20-11-12;/h6,8,10-11H,3-5,7,9H2,1-2H3,(H2,16,17,19);1H. The van der Waals surface area contributed by atoms with Crippen molar-refractivity contribution in [3.63, 3.8) is 0 Å². The van der Waals surface area contributed by atoms with Gasteiger partial charge in [0.25, 0.3) is 0 Å². The number of nitrogens with zero attached hydrogens (tertiary/aromatic N) is 2. The predicted octanol–water partition coefficient (Wildman–Crippen LogP) is 3.68. The van der Waals surface area contributed by atoms with Crippen LogP contribution in [0.5, 0.6) is 0 Å². The molecule has 122 valence electrons. The highest BCUT2D eigenvalue weighted by molar-refractivity contribution is 14.0. The maximum absolute atomic E-state index is 4.59. The fourth-order valence-corrected chi connectivity index (χ4v) is 3.33. The molecule has 0 atom stereocenters. The Hall–Kier alpha value is -0.670. The third-order valence-corrected chi connectivity index (χ3v) is 4.86. The van der Waals surface area contributed by atoms with Crippen LogP contribution in [0.2, 0.25) is 0 Å². The van der Waals surface area contributed by atoms with Gasteiger partial charge in [-0.15, -0.1) is 35.3 Å². The number of thiazole rings is 1. The Kier molecular flexibility index (Phi) is 9.65. The second kappa shape index (κ2) is 11.0. The van der Waals surface area contributed by atoms with E-state index in [0.717, 1.165) is 38.4 Å². The van der Waals surface area contributed by atoms with E-state index in [4.69, 9.17) is 0 Å². The largest absolute Gasteiger partial charge is 0.357 e. The molecule has 0 aliphatic heterocycles. The first-order valence-corrected chi connectivity index (χ1v) is 9.04. The van der Waals surface area contributed by atoms with Gasteiger partial charge in [0.2, 0.25) is 0 Å². The number of aromatic nitrogens is 1. The molecule has 0 radical (unpaired) electrons. The molecule has 0 fully saturated rings. The third kappa shape index (κ3) is 6.62. The second-order valence-corrected chi connectivity index (χ2v) is 6.56. The molecule has 2 heterocycles. The third-order valence-electron chi connectivity index (χ3n) is 2.93. The van der Waals surface area contributed by atoms with Gasteiger partial charge >= 0.3 is 0 Å². The molecule has 2 aromatic heterocycles. The van der Waals surface area contributed by atoms with E-state index in [-0.39, 0.29) is 24.0 Å². The lowest BCUT2D eigenvalue weighted by molar-refractivity contribution is 0.797. The minimum Gasteiger partial charge on any atom is -0.357 e. The van der Waals surface area contributed by atoms with Gasteiger partial charge in [-0.3, -0.25) is 0 Å². The van der Waals surface area contributed by atoms with Crippen LogP contribution >= 0.6 is 46.7 Å². The Balaban J connectivity index is 0.00000242. The lowest BCUT2D eigenvalue weighted by Gasteiger charge is -2.10. The van der Waals surface area contributed by atoms with Crippen LogP contribution < -0.4 is 10.6 Å². The summed E-state index contributed by atoms with van der Waals surface area (Å²) < 4.78 is 0. The summed E-state index contributed by atoms with van der Waals surface area (Å²) in [4.78, 5) is 10.4. The Morgan fingerprint density at radius 1 is 1.32 bits per heavy atom. The molecular weight excluding hydrogens is 427 g/mol. The quantitative estimate of drug-likeness (QED) is 0.385. The van der Waals surface area contributed by atoms with Gasteiger partial charge in [-0.05, 0) is 35.7 Å². The second-order valence-electron chi connectivity index (χ2n) is 4.58. The Morgan fingerprint density at radius 2 is 2.18 bits per heavy atom. The van der Waals surface area contributed by atoms with E-state index < -0.39 is 0 Å². The number of hydrogen-bond acceptors (Lipinski definition) is 4. The summed E-state index contributed by atoms with van der Waals surface area (Å²) in [5, 5.41) is 12.0. The lowest BCUT2D eigenvalue weighted by atomic mass is 10.3. The van der Waals surface area contributed by atoms with Gasteiger partial charge < -0.3 is 10.6 Å². The van der Waals surface area contributed by atoms with Crippen molar-refractivity contribution in [3.05, 3.63) is 38.5 Å². The average Bonchev–Trinajstić information content (AvgIpc) is 3.16. The molecular formula is C15H23IN4S2. The minimum atomic E-state index is 0. The zero-order chi connectivity index (χ0) is 14.9. The van der Waals surface area contributed by atoms with E-state index in [2.05, 4.69) is 51.3 Å². The summed E-state index contributed by atoms with van der Waals surface area (Å²) >= 11 is 3.51. The van der Waals surface area contributed by atoms with Crippen LogP contribution in [0.15, 0.2) is 28.0 Å². The van der Waals surface area contributed by atoms with Gasteiger partial charge in [-0.2, -0.15) is 11.3 Å². The highest BCUT2D eigenvalue weighted by Gasteiger charge is 2.02. The van der Waals surface area contributed by atoms with E-state index in [0.29, 0.717) is 0 Å². The normalized spacial score (nSPS) is 11.1. The van der Waals surface area contributed by atoms with E-state index in [1.807, 2.05) is 6.20 Å².